The van der Waals surface area contributed by atoms with Crippen LogP contribution in [0.5, 0.6) is 0 Å². The molecule has 2 amide bonds. The lowest BCUT2D eigenvalue weighted by Crippen LogP contribution is -2.52. The molecule has 2 fully saturated rings. The van der Waals surface area contributed by atoms with Crippen LogP contribution in [0.2, 0.25) is 0 Å². The standard InChI is InChI=1S/C23H27N5O2/c1-2-4-22(29)27-13-10-18(11-14-27)17-6-8-20(9-7-17)25-23(30)19-15-28(16-19)21-5-3-12-24-26-21/h2-3,5-9,12,18-19H,1,4,10-11,13-16H2,(H,25,30). The molecule has 0 bridgehead atoms. The number of hydrogen-bond acceptors (Lipinski definition) is 5. The van der Waals surface area contributed by atoms with Crippen molar-refractivity contribution in [3.8, 4) is 0 Å². The predicted molar refractivity (Wildman–Crippen MR) is 116 cm³/mol. The number of nitrogens with one attached hydrogen (secondary N) is 1. The highest BCUT2D eigenvalue weighted by Crippen LogP contribution is 2.29. The van der Waals surface area contributed by atoms with Crippen molar-refractivity contribution in [3.63, 3.8) is 0 Å². The fourth-order valence-electron chi connectivity index (χ4n) is 4.09. The highest BCUT2D eigenvalue weighted by molar-refractivity contribution is 5.94. The molecular formula is C23H27N5O2. The largest absolute Gasteiger partial charge is 0.353 e. The highest BCUT2D eigenvalue weighted by Gasteiger charge is 2.33. The van der Waals surface area contributed by atoms with E-state index in [0.717, 1.165) is 37.4 Å². The third-order valence-electron chi connectivity index (χ3n) is 5.95. The van der Waals surface area contributed by atoms with E-state index >= 15 is 0 Å². The van der Waals surface area contributed by atoms with Crippen molar-refractivity contribution in [3.05, 3.63) is 60.8 Å². The zero-order chi connectivity index (χ0) is 20.9. The van der Waals surface area contributed by atoms with Gasteiger partial charge in [0.15, 0.2) is 5.82 Å². The van der Waals surface area contributed by atoms with Gasteiger partial charge in [-0.15, -0.1) is 11.7 Å². The van der Waals surface area contributed by atoms with Crippen molar-refractivity contribution in [2.75, 3.05) is 36.4 Å². The van der Waals surface area contributed by atoms with Crippen LogP contribution in [0.25, 0.3) is 0 Å². The molecular weight excluding hydrogens is 378 g/mol. The van der Waals surface area contributed by atoms with Crippen LogP contribution in [-0.2, 0) is 9.59 Å². The Morgan fingerprint density at radius 3 is 2.50 bits per heavy atom. The van der Waals surface area contributed by atoms with E-state index in [4.69, 9.17) is 0 Å². The zero-order valence-corrected chi connectivity index (χ0v) is 17.0. The van der Waals surface area contributed by atoms with E-state index in [0.29, 0.717) is 25.4 Å². The Hall–Kier alpha value is -3.22. The van der Waals surface area contributed by atoms with Gasteiger partial charge in [0.05, 0.1) is 5.92 Å². The molecule has 0 radical (unpaired) electrons. The summed E-state index contributed by atoms with van der Waals surface area (Å²) in [5, 5.41) is 11.0. The van der Waals surface area contributed by atoms with Crippen molar-refractivity contribution in [2.24, 2.45) is 5.92 Å². The summed E-state index contributed by atoms with van der Waals surface area (Å²) >= 11 is 0. The fourth-order valence-corrected chi connectivity index (χ4v) is 4.09. The van der Waals surface area contributed by atoms with Crippen LogP contribution >= 0.6 is 0 Å². The lowest BCUT2D eigenvalue weighted by molar-refractivity contribution is -0.131. The van der Waals surface area contributed by atoms with E-state index in [1.54, 1.807) is 12.3 Å². The lowest BCUT2D eigenvalue weighted by Gasteiger charge is -2.38. The molecule has 1 N–H and O–H groups in total. The summed E-state index contributed by atoms with van der Waals surface area (Å²) in [6.45, 7) is 6.54. The average Bonchev–Trinajstić information content (AvgIpc) is 2.74. The predicted octanol–water partition coefficient (Wildman–Crippen LogP) is 2.83. The number of nitrogens with zero attached hydrogens (tertiary/aromatic N) is 4. The molecule has 3 heterocycles. The summed E-state index contributed by atoms with van der Waals surface area (Å²) in [7, 11) is 0. The van der Waals surface area contributed by atoms with Gasteiger partial charge in [-0.2, -0.15) is 5.10 Å². The van der Waals surface area contributed by atoms with Crippen LogP contribution in [0, 0.1) is 5.92 Å². The second-order valence-electron chi connectivity index (χ2n) is 7.94. The van der Waals surface area contributed by atoms with Gasteiger partial charge in [-0.3, -0.25) is 9.59 Å². The second-order valence-corrected chi connectivity index (χ2v) is 7.94. The van der Waals surface area contributed by atoms with Crippen LogP contribution < -0.4 is 10.2 Å². The smallest absolute Gasteiger partial charge is 0.231 e. The van der Waals surface area contributed by atoms with Gasteiger partial charge < -0.3 is 15.1 Å². The fraction of sp³-hybridized carbons (Fsp3) is 0.391. The SMILES string of the molecule is C=CCC(=O)N1CCC(c2ccc(NC(=O)C3CN(c4cccnn4)C3)cc2)CC1. The first-order valence-corrected chi connectivity index (χ1v) is 10.5. The first-order chi connectivity index (χ1) is 14.6. The van der Waals surface area contributed by atoms with Crippen molar-refractivity contribution in [1.29, 1.82) is 0 Å². The minimum Gasteiger partial charge on any atom is -0.353 e. The van der Waals surface area contributed by atoms with Gasteiger partial charge in [-0.25, -0.2) is 0 Å². The minimum absolute atomic E-state index is 0.0379. The number of carbonyl (C=O) groups excluding carboxylic acids is 2. The van der Waals surface area contributed by atoms with Gasteiger partial charge >= 0.3 is 0 Å². The van der Waals surface area contributed by atoms with Gasteiger partial charge in [-0.05, 0) is 48.6 Å². The van der Waals surface area contributed by atoms with E-state index in [9.17, 15) is 9.59 Å². The third-order valence-corrected chi connectivity index (χ3v) is 5.95. The maximum absolute atomic E-state index is 12.5. The number of piperidine rings is 1. The van der Waals surface area contributed by atoms with Crippen LogP contribution in [0.4, 0.5) is 11.5 Å². The first-order valence-electron chi connectivity index (χ1n) is 10.5. The van der Waals surface area contributed by atoms with Crippen molar-refractivity contribution in [2.45, 2.75) is 25.2 Å². The van der Waals surface area contributed by atoms with E-state index < -0.39 is 0 Å². The van der Waals surface area contributed by atoms with Gasteiger partial charge in [0.25, 0.3) is 0 Å². The maximum atomic E-state index is 12.5. The molecule has 0 atom stereocenters. The topological polar surface area (TPSA) is 78.4 Å². The highest BCUT2D eigenvalue weighted by atomic mass is 16.2. The summed E-state index contributed by atoms with van der Waals surface area (Å²) < 4.78 is 0. The first kappa shape index (κ1) is 20.1. The molecule has 1 aromatic carbocycles. The van der Waals surface area contributed by atoms with Crippen LogP contribution in [0.3, 0.4) is 0 Å². The molecule has 7 heteroatoms. The number of likely N-dealkylation sites (tertiary alicyclic amines) is 1. The molecule has 4 rings (SSSR count). The molecule has 0 saturated carbocycles. The van der Waals surface area contributed by atoms with Crippen LogP contribution in [-0.4, -0.2) is 53.1 Å². The molecule has 0 unspecified atom stereocenters. The normalized spacial score (nSPS) is 17.3. The van der Waals surface area contributed by atoms with E-state index in [1.165, 1.54) is 5.56 Å². The number of anilines is 2. The number of amides is 2. The molecule has 2 saturated heterocycles. The third kappa shape index (κ3) is 4.50. The second kappa shape index (κ2) is 9.07. The van der Waals surface area contributed by atoms with Crippen molar-refractivity contribution in [1.82, 2.24) is 15.1 Å². The number of hydrogen-bond donors (Lipinski definition) is 1. The Morgan fingerprint density at radius 1 is 1.13 bits per heavy atom. The summed E-state index contributed by atoms with van der Waals surface area (Å²) in [6, 6.07) is 11.9. The summed E-state index contributed by atoms with van der Waals surface area (Å²) in [5.41, 5.74) is 2.08. The van der Waals surface area contributed by atoms with Gasteiger partial charge in [0, 0.05) is 44.5 Å². The number of benzene rings is 1. The quantitative estimate of drug-likeness (QED) is 0.748. The minimum atomic E-state index is -0.0379. The van der Waals surface area contributed by atoms with Gasteiger partial charge in [-0.1, -0.05) is 18.2 Å². The number of rotatable bonds is 6. The summed E-state index contributed by atoms with van der Waals surface area (Å²) in [5.74, 6) is 1.43. The van der Waals surface area contributed by atoms with E-state index in [2.05, 4.69) is 34.2 Å². The Bertz CT molecular complexity index is 886. The molecule has 2 aliphatic rings. The van der Waals surface area contributed by atoms with Crippen LogP contribution in [0.1, 0.15) is 30.7 Å². The number of aromatic nitrogens is 2. The molecule has 2 aliphatic heterocycles. The maximum Gasteiger partial charge on any atom is 0.231 e. The van der Waals surface area contributed by atoms with E-state index in [-0.39, 0.29) is 17.7 Å². The Labute approximate surface area is 176 Å². The van der Waals surface area contributed by atoms with Gasteiger partial charge in [0.2, 0.25) is 11.8 Å². The molecule has 156 valence electrons. The average molecular weight is 406 g/mol. The molecule has 0 aliphatic carbocycles. The number of carbonyl (C=O) groups is 2. The summed E-state index contributed by atoms with van der Waals surface area (Å²) in [4.78, 5) is 28.4. The molecule has 0 spiro atoms. The van der Waals surface area contributed by atoms with Crippen LogP contribution in [0.15, 0.2) is 55.3 Å². The van der Waals surface area contributed by atoms with Gasteiger partial charge in [0.1, 0.15) is 0 Å². The summed E-state index contributed by atoms with van der Waals surface area (Å²) in [6.07, 6.45) is 5.65. The zero-order valence-electron chi connectivity index (χ0n) is 17.0. The van der Waals surface area contributed by atoms with Crippen molar-refractivity contribution < 1.29 is 9.59 Å². The molecule has 1 aromatic heterocycles. The van der Waals surface area contributed by atoms with E-state index in [1.807, 2.05) is 34.1 Å². The molecule has 30 heavy (non-hydrogen) atoms. The lowest BCUT2D eigenvalue weighted by atomic mass is 9.89. The Morgan fingerprint density at radius 2 is 1.87 bits per heavy atom. The monoisotopic (exact) mass is 405 g/mol. The Kier molecular flexibility index (Phi) is 6.07. The molecule has 2 aromatic rings. The Balaban J connectivity index is 1.25. The molecule has 7 nitrogen and oxygen atoms in total. The van der Waals surface area contributed by atoms with Crippen molar-refractivity contribution >= 4 is 23.3 Å².